The summed E-state index contributed by atoms with van der Waals surface area (Å²) >= 11 is 6.21. The molecule has 1 aliphatic rings. The van der Waals surface area contributed by atoms with Gasteiger partial charge in [0.2, 0.25) is 5.91 Å². The summed E-state index contributed by atoms with van der Waals surface area (Å²) in [6.07, 6.45) is -1.63. The number of benzodiazepines with no additional fused rings is 1. The molecule has 0 aromatic heterocycles. The largest absolute Gasteiger partial charge is 0.406 e. The van der Waals surface area contributed by atoms with E-state index in [1.54, 1.807) is 24.3 Å². The van der Waals surface area contributed by atoms with Crippen molar-refractivity contribution < 1.29 is 31.6 Å². The molecule has 0 atom stereocenters. The number of fused-ring (bicyclic) bond motifs is 1. The van der Waals surface area contributed by atoms with Crippen LogP contribution in [0.5, 0.6) is 0 Å². The van der Waals surface area contributed by atoms with Crippen molar-refractivity contribution in [1.82, 2.24) is 0 Å². The molecule has 3 rings (SSSR count). The van der Waals surface area contributed by atoms with E-state index in [0.717, 1.165) is 12.8 Å². The predicted octanol–water partition coefficient (Wildman–Crippen LogP) is 6.54. The summed E-state index contributed by atoms with van der Waals surface area (Å²) < 4.78 is 65.7. The summed E-state index contributed by atoms with van der Waals surface area (Å²) in [7, 11) is -3.83. The molecule has 0 unspecified atom stereocenters. The molecule has 1 heterocycles. The summed E-state index contributed by atoms with van der Waals surface area (Å²) in [5.74, 6) is -0.815. The Morgan fingerprint density at radius 1 is 1.03 bits per heavy atom. The molecule has 0 aliphatic carbocycles. The number of unbranched alkanes of at least 4 members (excludes halogenated alkanes) is 2. The van der Waals surface area contributed by atoms with Gasteiger partial charge in [0.15, 0.2) is 0 Å². The molecule has 1 aliphatic heterocycles. The van der Waals surface area contributed by atoms with Crippen LogP contribution in [0.4, 0.5) is 18.9 Å². The van der Waals surface area contributed by atoms with Crippen molar-refractivity contribution in [3.05, 3.63) is 58.6 Å². The van der Waals surface area contributed by atoms with Gasteiger partial charge in [0.1, 0.15) is 13.1 Å². The van der Waals surface area contributed by atoms with Gasteiger partial charge >= 0.3 is 13.8 Å². The fourth-order valence-corrected chi connectivity index (χ4v) is 5.72. The molecular weight excluding hydrogens is 516 g/mol. The molecule has 0 spiro atoms. The van der Waals surface area contributed by atoms with Gasteiger partial charge in [-0.3, -0.25) is 14.4 Å². The van der Waals surface area contributed by atoms with Crippen LogP contribution in [0.1, 0.15) is 50.7 Å². The number of anilines is 1. The minimum absolute atomic E-state index is 0.0152. The SMILES string of the molecule is CCCCOP(=O)(OCCCC)c1ccccc1C1=NCC(=O)N(CC(F)(F)F)c2ccc(Cl)cc21. The number of carbonyl (C=O) groups excluding carboxylic acids is 1. The zero-order valence-electron chi connectivity index (χ0n) is 20.2. The highest BCUT2D eigenvalue weighted by atomic mass is 35.5. The van der Waals surface area contributed by atoms with Crippen LogP contribution < -0.4 is 10.2 Å². The van der Waals surface area contributed by atoms with E-state index in [1.807, 2.05) is 13.8 Å². The first kappa shape index (κ1) is 28.4. The number of rotatable bonds is 11. The van der Waals surface area contributed by atoms with Crippen LogP contribution in [-0.2, 0) is 18.4 Å². The van der Waals surface area contributed by atoms with Gasteiger partial charge in [-0.15, -0.1) is 0 Å². The van der Waals surface area contributed by atoms with Gasteiger partial charge in [-0.05, 0) is 37.1 Å². The maximum Gasteiger partial charge on any atom is 0.406 e. The number of halogens is 4. The van der Waals surface area contributed by atoms with Crippen LogP contribution >= 0.6 is 19.2 Å². The van der Waals surface area contributed by atoms with E-state index in [2.05, 4.69) is 4.99 Å². The first-order valence-electron chi connectivity index (χ1n) is 11.8. The first-order valence-corrected chi connectivity index (χ1v) is 13.7. The number of hydrogen-bond donors (Lipinski definition) is 0. The molecule has 0 N–H and O–H groups in total. The molecular formula is C25H29ClF3N2O4P. The van der Waals surface area contributed by atoms with Crippen molar-refractivity contribution in [2.75, 3.05) is 31.2 Å². The second-order valence-electron chi connectivity index (χ2n) is 8.31. The van der Waals surface area contributed by atoms with E-state index < -0.39 is 32.8 Å². The molecule has 0 saturated heterocycles. The maximum atomic E-state index is 14.1. The summed E-state index contributed by atoms with van der Waals surface area (Å²) in [4.78, 5) is 17.8. The lowest BCUT2D eigenvalue weighted by Crippen LogP contribution is -2.40. The maximum absolute atomic E-state index is 14.1. The molecule has 2 aromatic carbocycles. The first-order chi connectivity index (χ1) is 17.1. The van der Waals surface area contributed by atoms with Gasteiger partial charge in [0, 0.05) is 16.1 Å². The van der Waals surface area contributed by atoms with Gasteiger partial charge in [-0.1, -0.05) is 56.5 Å². The normalized spacial score (nSPS) is 14.4. The van der Waals surface area contributed by atoms with E-state index in [9.17, 15) is 22.5 Å². The van der Waals surface area contributed by atoms with Gasteiger partial charge < -0.3 is 13.9 Å². The Labute approximate surface area is 214 Å². The Morgan fingerprint density at radius 2 is 1.67 bits per heavy atom. The third-order valence-electron chi connectivity index (χ3n) is 5.49. The number of nitrogens with zero attached hydrogens (tertiary/aromatic N) is 2. The lowest BCUT2D eigenvalue weighted by Gasteiger charge is -2.25. The molecule has 36 heavy (non-hydrogen) atoms. The number of carbonyl (C=O) groups is 1. The summed E-state index contributed by atoms with van der Waals surface area (Å²) in [6.45, 7) is 2.38. The molecule has 0 saturated carbocycles. The second-order valence-corrected chi connectivity index (χ2v) is 10.7. The van der Waals surface area contributed by atoms with Crippen molar-refractivity contribution in [3.8, 4) is 0 Å². The number of aliphatic imine (C=N–C) groups is 1. The van der Waals surface area contributed by atoms with E-state index in [1.165, 1.54) is 18.2 Å². The molecule has 0 bridgehead atoms. The summed E-state index contributed by atoms with van der Waals surface area (Å²) in [5.41, 5.74) is 0.777. The van der Waals surface area contributed by atoms with Gasteiger partial charge in [-0.2, -0.15) is 13.2 Å². The monoisotopic (exact) mass is 544 g/mol. The van der Waals surface area contributed by atoms with E-state index in [4.69, 9.17) is 20.6 Å². The summed E-state index contributed by atoms with van der Waals surface area (Å²) in [5, 5.41) is 0.486. The predicted molar refractivity (Wildman–Crippen MR) is 136 cm³/mol. The standard InChI is InChI=1S/C25H29ClF3N2O4P/c1-3-5-13-34-36(33,35-14-6-4-2)22-10-8-7-9-19(22)24-20-15-18(26)11-12-21(20)31(17-25(27,28)29)23(32)16-30-24/h7-12,15H,3-6,13-14,16-17H2,1-2H3. The zero-order chi connectivity index (χ0) is 26.3. The van der Waals surface area contributed by atoms with Gasteiger partial charge in [0.05, 0.1) is 29.9 Å². The van der Waals surface area contributed by atoms with Crippen molar-refractivity contribution >= 4 is 41.8 Å². The molecule has 196 valence electrons. The molecule has 6 nitrogen and oxygen atoms in total. The quantitative estimate of drug-likeness (QED) is 0.238. The lowest BCUT2D eigenvalue weighted by atomic mass is 10.00. The summed E-state index contributed by atoms with van der Waals surface area (Å²) in [6, 6.07) is 10.8. The van der Waals surface area contributed by atoms with Crippen molar-refractivity contribution in [2.24, 2.45) is 4.99 Å². The molecule has 11 heteroatoms. The Bertz CT molecular complexity index is 1140. The van der Waals surface area contributed by atoms with Crippen molar-refractivity contribution in [1.29, 1.82) is 0 Å². The van der Waals surface area contributed by atoms with Crippen LogP contribution in [0.15, 0.2) is 47.5 Å². The zero-order valence-corrected chi connectivity index (χ0v) is 21.8. The molecule has 1 amide bonds. The minimum atomic E-state index is -4.62. The Balaban J connectivity index is 2.16. The smallest absolute Gasteiger partial charge is 0.305 e. The Morgan fingerprint density at radius 3 is 2.28 bits per heavy atom. The minimum Gasteiger partial charge on any atom is -0.305 e. The second kappa shape index (κ2) is 12.4. The third kappa shape index (κ3) is 6.97. The number of hydrogen-bond acceptors (Lipinski definition) is 5. The fraction of sp³-hybridized carbons (Fsp3) is 0.440. The fourth-order valence-electron chi connectivity index (χ4n) is 3.71. The highest BCUT2D eigenvalue weighted by molar-refractivity contribution is 7.62. The lowest BCUT2D eigenvalue weighted by molar-refractivity contribution is -0.131. The molecule has 2 aromatic rings. The average Bonchev–Trinajstić information content (AvgIpc) is 2.95. The van der Waals surface area contributed by atoms with Crippen molar-refractivity contribution in [3.63, 3.8) is 0 Å². The highest BCUT2D eigenvalue weighted by Gasteiger charge is 2.38. The number of alkyl halides is 3. The third-order valence-corrected chi connectivity index (χ3v) is 7.75. The topological polar surface area (TPSA) is 68.2 Å². The van der Waals surface area contributed by atoms with E-state index >= 15 is 0 Å². The highest BCUT2D eigenvalue weighted by Crippen LogP contribution is 2.49. The van der Waals surface area contributed by atoms with Crippen LogP contribution in [0.25, 0.3) is 0 Å². The van der Waals surface area contributed by atoms with E-state index in [-0.39, 0.29) is 40.5 Å². The Hall–Kier alpha value is -2.19. The molecule has 0 fully saturated rings. The number of amides is 1. The van der Waals surface area contributed by atoms with Crippen LogP contribution in [0, 0.1) is 0 Å². The van der Waals surface area contributed by atoms with Crippen molar-refractivity contribution in [2.45, 2.75) is 45.7 Å². The average molecular weight is 545 g/mol. The molecule has 0 radical (unpaired) electrons. The Kier molecular flexibility index (Phi) is 9.75. The van der Waals surface area contributed by atoms with Crippen LogP contribution in [0.2, 0.25) is 5.02 Å². The number of benzene rings is 2. The van der Waals surface area contributed by atoms with E-state index in [0.29, 0.717) is 23.3 Å². The van der Waals surface area contributed by atoms with Crippen LogP contribution in [0.3, 0.4) is 0 Å². The van der Waals surface area contributed by atoms with Crippen LogP contribution in [-0.4, -0.2) is 44.1 Å². The van der Waals surface area contributed by atoms with Gasteiger partial charge in [0.25, 0.3) is 0 Å². The van der Waals surface area contributed by atoms with Gasteiger partial charge in [-0.25, -0.2) is 0 Å².